The summed E-state index contributed by atoms with van der Waals surface area (Å²) >= 11 is 2.27. The molecule has 0 N–H and O–H groups in total. The van der Waals surface area contributed by atoms with E-state index in [0.29, 0.717) is 12.8 Å². The van der Waals surface area contributed by atoms with Crippen LogP contribution >= 0.6 is 22.6 Å². The molecule has 0 amide bonds. The number of carbonyl (C=O) groups excluding carboxylic acids is 1. The number of aryl methyl sites for hydroxylation is 1. The lowest BCUT2D eigenvalue weighted by Crippen LogP contribution is -2.24. The SMILES string of the molecule is CO[C@@H](c1ccccc1I)[C@H](C)OC(=O)CCc1ccccc1. The molecule has 23 heavy (non-hydrogen) atoms. The van der Waals surface area contributed by atoms with Crippen molar-refractivity contribution in [2.45, 2.75) is 32.0 Å². The summed E-state index contributed by atoms with van der Waals surface area (Å²) in [5.41, 5.74) is 2.18. The summed E-state index contributed by atoms with van der Waals surface area (Å²) in [6.07, 6.45) is 0.465. The van der Waals surface area contributed by atoms with Crippen molar-refractivity contribution in [1.29, 1.82) is 0 Å². The molecule has 0 aromatic heterocycles. The molecule has 0 aliphatic carbocycles. The average molecular weight is 424 g/mol. The van der Waals surface area contributed by atoms with E-state index in [9.17, 15) is 4.79 Å². The van der Waals surface area contributed by atoms with Crippen LogP contribution in [0, 0.1) is 3.57 Å². The second-order valence-corrected chi connectivity index (χ2v) is 6.52. The normalized spacial score (nSPS) is 13.3. The van der Waals surface area contributed by atoms with E-state index in [1.807, 2.05) is 61.5 Å². The maximum absolute atomic E-state index is 12.1. The van der Waals surface area contributed by atoms with Gasteiger partial charge in [-0.2, -0.15) is 0 Å². The monoisotopic (exact) mass is 424 g/mol. The Balaban J connectivity index is 1.92. The summed E-state index contributed by atoms with van der Waals surface area (Å²) in [5.74, 6) is -0.200. The van der Waals surface area contributed by atoms with Crippen molar-refractivity contribution in [2.75, 3.05) is 7.11 Å². The molecular formula is C19H21IO3. The van der Waals surface area contributed by atoms with Gasteiger partial charge in [0.15, 0.2) is 0 Å². The van der Waals surface area contributed by atoms with E-state index in [4.69, 9.17) is 9.47 Å². The minimum atomic E-state index is -0.334. The molecule has 0 radical (unpaired) electrons. The van der Waals surface area contributed by atoms with E-state index < -0.39 is 0 Å². The highest BCUT2D eigenvalue weighted by atomic mass is 127. The van der Waals surface area contributed by atoms with E-state index >= 15 is 0 Å². The molecule has 0 saturated carbocycles. The van der Waals surface area contributed by atoms with E-state index in [1.165, 1.54) is 0 Å². The first-order valence-corrected chi connectivity index (χ1v) is 8.70. The average Bonchev–Trinajstić information content (AvgIpc) is 2.56. The van der Waals surface area contributed by atoms with Crippen molar-refractivity contribution < 1.29 is 14.3 Å². The molecule has 0 aliphatic heterocycles. The number of ether oxygens (including phenoxy) is 2. The van der Waals surface area contributed by atoms with Crippen molar-refractivity contribution >= 4 is 28.6 Å². The fraction of sp³-hybridized carbons (Fsp3) is 0.316. The van der Waals surface area contributed by atoms with Crippen molar-refractivity contribution in [1.82, 2.24) is 0 Å². The van der Waals surface area contributed by atoms with Gasteiger partial charge in [0.1, 0.15) is 12.2 Å². The molecule has 2 aromatic carbocycles. The molecule has 122 valence electrons. The molecular weight excluding hydrogens is 403 g/mol. The second-order valence-electron chi connectivity index (χ2n) is 5.36. The molecule has 0 heterocycles. The van der Waals surface area contributed by atoms with Crippen molar-refractivity contribution in [3.05, 3.63) is 69.3 Å². The van der Waals surface area contributed by atoms with Crippen LogP contribution in [0.1, 0.15) is 30.6 Å². The predicted octanol–water partition coefficient (Wildman–Crippen LogP) is 4.54. The first-order valence-electron chi connectivity index (χ1n) is 7.62. The molecule has 3 nitrogen and oxygen atoms in total. The molecule has 0 spiro atoms. The van der Waals surface area contributed by atoms with E-state index in [2.05, 4.69) is 22.6 Å². The molecule has 0 aliphatic rings. The highest BCUT2D eigenvalue weighted by molar-refractivity contribution is 14.1. The van der Waals surface area contributed by atoms with Crippen molar-refractivity contribution in [2.24, 2.45) is 0 Å². The Morgan fingerprint density at radius 2 is 1.74 bits per heavy atom. The number of hydrogen-bond donors (Lipinski definition) is 0. The van der Waals surface area contributed by atoms with Crippen LogP contribution in [0.4, 0.5) is 0 Å². The van der Waals surface area contributed by atoms with Gasteiger partial charge >= 0.3 is 5.97 Å². The minimum Gasteiger partial charge on any atom is -0.460 e. The van der Waals surface area contributed by atoms with Gasteiger partial charge in [-0.25, -0.2) is 0 Å². The van der Waals surface area contributed by atoms with Gasteiger partial charge in [0.25, 0.3) is 0 Å². The highest BCUT2D eigenvalue weighted by Crippen LogP contribution is 2.27. The van der Waals surface area contributed by atoms with Crippen LogP contribution < -0.4 is 0 Å². The molecule has 2 atom stereocenters. The van der Waals surface area contributed by atoms with Crippen LogP contribution in [-0.4, -0.2) is 19.2 Å². The third kappa shape index (κ3) is 5.32. The molecule has 0 bridgehead atoms. The minimum absolute atomic E-state index is 0.200. The van der Waals surface area contributed by atoms with Crippen LogP contribution in [0.25, 0.3) is 0 Å². The standard InChI is InChI=1S/C19H21IO3/c1-14(19(22-2)16-10-6-7-11-17(16)20)23-18(21)13-12-15-8-4-3-5-9-15/h3-11,14,19H,12-13H2,1-2H3/t14-,19+/m0/s1. The Bertz CT molecular complexity index is 628. The number of esters is 1. The number of benzene rings is 2. The molecule has 4 heteroatoms. The van der Waals surface area contributed by atoms with Crippen LogP contribution in [-0.2, 0) is 20.7 Å². The van der Waals surface area contributed by atoms with Gasteiger partial charge in [-0.15, -0.1) is 0 Å². The van der Waals surface area contributed by atoms with Crippen molar-refractivity contribution in [3.8, 4) is 0 Å². The number of halogens is 1. The quantitative estimate of drug-likeness (QED) is 0.484. The van der Waals surface area contributed by atoms with Crippen LogP contribution in [0.3, 0.4) is 0 Å². The molecule has 0 saturated heterocycles. The Hall–Kier alpha value is -1.40. The molecule has 0 fully saturated rings. The largest absolute Gasteiger partial charge is 0.460 e. The summed E-state index contributed by atoms with van der Waals surface area (Å²) in [6, 6.07) is 17.9. The highest BCUT2D eigenvalue weighted by Gasteiger charge is 2.24. The third-order valence-electron chi connectivity index (χ3n) is 3.67. The van der Waals surface area contributed by atoms with Crippen molar-refractivity contribution in [3.63, 3.8) is 0 Å². The zero-order valence-corrected chi connectivity index (χ0v) is 15.5. The predicted molar refractivity (Wildman–Crippen MR) is 99.2 cm³/mol. The fourth-order valence-electron chi connectivity index (χ4n) is 2.50. The number of hydrogen-bond acceptors (Lipinski definition) is 3. The fourth-order valence-corrected chi connectivity index (χ4v) is 3.19. The molecule has 2 aromatic rings. The lowest BCUT2D eigenvalue weighted by Gasteiger charge is -2.24. The Kier molecular flexibility index (Phi) is 7.05. The summed E-state index contributed by atoms with van der Waals surface area (Å²) in [6.45, 7) is 1.87. The Labute approximate surface area is 151 Å². The van der Waals surface area contributed by atoms with Gasteiger partial charge in [-0.05, 0) is 53.1 Å². The lowest BCUT2D eigenvalue weighted by atomic mass is 10.1. The summed E-state index contributed by atoms with van der Waals surface area (Å²) in [7, 11) is 1.64. The van der Waals surface area contributed by atoms with Gasteiger partial charge in [0.05, 0.1) is 0 Å². The maximum Gasteiger partial charge on any atom is 0.306 e. The maximum atomic E-state index is 12.1. The van der Waals surface area contributed by atoms with Crippen LogP contribution in [0.2, 0.25) is 0 Å². The Morgan fingerprint density at radius 3 is 2.39 bits per heavy atom. The van der Waals surface area contributed by atoms with E-state index in [1.54, 1.807) is 7.11 Å². The van der Waals surface area contributed by atoms with E-state index in [-0.39, 0.29) is 18.2 Å². The Morgan fingerprint density at radius 1 is 1.09 bits per heavy atom. The topological polar surface area (TPSA) is 35.5 Å². The summed E-state index contributed by atoms with van der Waals surface area (Å²) in [5, 5.41) is 0. The number of carbonyl (C=O) groups is 1. The first-order chi connectivity index (χ1) is 11.1. The van der Waals surface area contributed by atoms with E-state index in [0.717, 1.165) is 14.7 Å². The molecule has 2 rings (SSSR count). The zero-order valence-electron chi connectivity index (χ0n) is 13.4. The zero-order chi connectivity index (χ0) is 16.7. The third-order valence-corrected chi connectivity index (χ3v) is 4.65. The van der Waals surface area contributed by atoms with Gasteiger partial charge in [0.2, 0.25) is 0 Å². The van der Waals surface area contributed by atoms with Gasteiger partial charge in [0, 0.05) is 17.1 Å². The second kappa shape index (κ2) is 9.03. The number of rotatable bonds is 7. The van der Waals surface area contributed by atoms with Gasteiger partial charge in [-0.1, -0.05) is 48.5 Å². The number of methoxy groups -OCH3 is 1. The summed E-state index contributed by atoms with van der Waals surface area (Å²) < 4.78 is 12.2. The smallest absolute Gasteiger partial charge is 0.306 e. The van der Waals surface area contributed by atoms with Crippen LogP contribution in [0.15, 0.2) is 54.6 Å². The molecule has 0 unspecified atom stereocenters. The lowest BCUT2D eigenvalue weighted by molar-refractivity contribution is -0.155. The van der Waals surface area contributed by atoms with Crippen LogP contribution in [0.5, 0.6) is 0 Å². The summed E-state index contributed by atoms with van der Waals surface area (Å²) in [4.78, 5) is 12.1. The van der Waals surface area contributed by atoms with Gasteiger partial charge in [-0.3, -0.25) is 4.79 Å². The first kappa shape index (κ1) is 17.9. The van der Waals surface area contributed by atoms with Gasteiger partial charge < -0.3 is 9.47 Å².